The molecular formula is C9H21N. The fourth-order valence-electron chi connectivity index (χ4n) is 1.59. The van der Waals surface area contributed by atoms with Crippen molar-refractivity contribution in [3.05, 3.63) is 0 Å². The van der Waals surface area contributed by atoms with Crippen LogP contribution in [0.5, 0.6) is 0 Å². The SMILES string of the molecule is CCCCCN1CCCC1.[HH]. The number of hydrogen-bond acceptors (Lipinski definition) is 1. The van der Waals surface area contributed by atoms with Crippen LogP contribution in [0.2, 0.25) is 0 Å². The van der Waals surface area contributed by atoms with E-state index in [0.717, 1.165) is 0 Å². The van der Waals surface area contributed by atoms with Crippen molar-refractivity contribution in [3.8, 4) is 0 Å². The van der Waals surface area contributed by atoms with Crippen molar-refractivity contribution in [2.45, 2.75) is 39.0 Å². The van der Waals surface area contributed by atoms with Crippen molar-refractivity contribution in [1.29, 1.82) is 0 Å². The van der Waals surface area contributed by atoms with Gasteiger partial charge in [0.15, 0.2) is 0 Å². The molecule has 0 radical (unpaired) electrons. The molecule has 0 aromatic rings. The van der Waals surface area contributed by atoms with Crippen molar-refractivity contribution in [1.82, 2.24) is 4.90 Å². The van der Waals surface area contributed by atoms with Crippen LogP contribution in [0.15, 0.2) is 0 Å². The molecular weight excluding hydrogens is 122 g/mol. The van der Waals surface area contributed by atoms with Crippen molar-refractivity contribution in [3.63, 3.8) is 0 Å². The van der Waals surface area contributed by atoms with Gasteiger partial charge in [0, 0.05) is 1.43 Å². The molecule has 0 N–H and O–H groups in total. The van der Waals surface area contributed by atoms with E-state index in [1.165, 1.54) is 51.7 Å². The summed E-state index contributed by atoms with van der Waals surface area (Å²) in [6.45, 7) is 6.35. The molecule has 62 valence electrons. The highest BCUT2D eigenvalue weighted by Crippen LogP contribution is 2.08. The zero-order valence-electron chi connectivity index (χ0n) is 7.10. The van der Waals surface area contributed by atoms with Gasteiger partial charge in [-0.1, -0.05) is 19.8 Å². The zero-order valence-corrected chi connectivity index (χ0v) is 7.10. The van der Waals surface area contributed by atoms with E-state index in [0.29, 0.717) is 0 Å². The predicted octanol–water partition coefficient (Wildman–Crippen LogP) is 2.52. The van der Waals surface area contributed by atoms with Crippen LogP contribution < -0.4 is 0 Å². The van der Waals surface area contributed by atoms with Crippen LogP contribution in [-0.2, 0) is 0 Å². The molecule has 0 atom stereocenters. The van der Waals surface area contributed by atoms with Gasteiger partial charge in [-0.2, -0.15) is 0 Å². The molecule has 1 aliphatic heterocycles. The molecule has 0 aliphatic carbocycles. The van der Waals surface area contributed by atoms with Crippen molar-refractivity contribution in [2.24, 2.45) is 0 Å². The number of rotatable bonds is 4. The van der Waals surface area contributed by atoms with E-state index in [1.54, 1.807) is 0 Å². The smallest absolute Gasteiger partial charge is 0 e. The van der Waals surface area contributed by atoms with E-state index in [9.17, 15) is 0 Å². The summed E-state index contributed by atoms with van der Waals surface area (Å²) in [7, 11) is 0. The molecule has 10 heavy (non-hydrogen) atoms. The maximum atomic E-state index is 2.59. The molecule has 0 aromatic carbocycles. The molecule has 1 saturated heterocycles. The first-order valence-electron chi connectivity index (χ1n) is 4.66. The van der Waals surface area contributed by atoms with Gasteiger partial charge >= 0.3 is 0 Å². The van der Waals surface area contributed by atoms with Crippen LogP contribution in [-0.4, -0.2) is 24.5 Å². The number of hydrogen-bond donors (Lipinski definition) is 0. The molecule has 0 unspecified atom stereocenters. The monoisotopic (exact) mass is 143 g/mol. The fraction of sp³-hybridized carbons (Fsp3) is 1.00. The Hall–Kier alpha value is -0.0400. The van der Waals surface area contributed by atoms with E-state index in [4.69, 9.17) is 0 Å². The minimum atomic E-state index is 0. The summed E-state index contributed by atoms with van der Waals surface area (Å²) in [5.41, 5.74) is 0. The summed E-state index contributed by atoms with van der Waals surface area (Å²) in [5.74, 6) is 0. The molecule has 0 saturated carbocycles. The van der Waals surface area contributed by atoms with Crippen LogP contribution in [0, 0.1) is 0 Å². The van der Waals surface area contributed by atoms with Crippen molar-refractivity contribution >= 4 is 0 Å². The van der Waals surface area contributed by atoms with E-state index in [1.807, 2.05) is 0 Å². The lowest BCUT2D eigenvalue weighted by molar-refractivity contribution is 0.329. The lowest BCUT2D eigenvalue weighted by Crippen LogP contribution is -2.20. The second-order valence-corrected chi connectivity index (χ2v) is 3.26. The topological polar surface area (TPSA) is 3.24 Å². The molecule has 0 bridgehead atoms. The Morgan fingerprint density at radius 2 is 1.90 bits per heavy atom. The molecule has 1 rings (SSSR count). The Kier molecular flexibility index (Phi) is 3.81. The molecule has 0 spiro atoms. The largest absolute Gasteiger partial charge is 0.303 e. The summed E-state index contributed by atoms with van der Waals surface area (Å²) >= 11 is 0. The maximum absolute atomic E-state index is 2.59. The van der Waals surface area contributed by atoms with Gasteiger partial charge in [-0.15, -0.1) is 0 Å². The maximum Gasteiger partial charge on any atom is 0 e. The summed E-state index contributed by atoms with van der Waals surface area (Å²) < 4.78 is 0. The highest BCUT2D eigenvalue weighted by atomic mass is 15.1. The molecule has 0 aromatic heterocycles. The van der Waals surface area contributed by atoms with Gasteiger partial charge in [0.2, 0.25) is 0 Å². The third-order valence-corrected chi connectivity index (χ3v) is 2.28. The van der Waals surface area contributed by atoms with Gasteiger partial charge < -0.3 is 4.90 Å². The molecule has 1 heterocycles. The third-order valence-electron chi connectivity index (χ3n) is 2.28. The van der Waals surface area contributed by atoms with Crippen LogP contribution in [0.1, 0.15) is 40.5 Å². The Bertz CT molecular complexity index is 79.6. The average molecular weight is 143 g/mol. The molecule has 1 aliphatic rings. The Morgan fingerprint density at radius 3 is 2.50 bits per heavy atom. The summed E-state index contributed by atoms with van der Waals surface area (Å²) in [4.78, 5) is 2.59. The number of likely N-dealkylation sites (tertiary alicyclic amines) is 1. The lowest BCUT2D eigenvalue weighted by atomic mass is 10.2. The van der Waals surface area contributed by atoms with Crippen molar-refractivity contribution in [2.75, 3.05) is 19.6 Å². The first-order valence-corrected chi connectivity index (χ1v) is 4.66. The first kappa shape index (κ1) is 8.06. The van der Waals surface area contributed by atoms with E-state index >= 15 is 0 Å². The minimum Gasteiger partial charge on any atom is -0.303 e. The highest BCUT2D eigenvalue weighted by molar-refractivity contribution is 4.65. The highest BCUT2D eigenvalue weighted by Gasteiger charge is 2.09. The van der Waals surface area contributed by atoms with Crippen LogP contribution >= 0.6 is 0 Å². The first-order chi connectivity index (χ1) is 4.93. The number of nitrogens with zero attached hydrogens (tertiary/aromatic N) is 1. The summed E-state index contributed by atoms with van der Waals surface area (Å²) in [5, 5.41) is 0. The Morgan fingerprint density at radius 1 is 1.20 bits per heavy atom. The van der Waals surface area contributed by atoms with Gasteiger partial charge in [0.1, 0.15) is 0 Å². The van der Waals surface area contributed by atoms with Crippen LogP contribution in [0.25, 0.3) is 0 Å². The summed E-state index contributed by atoms with van der Waals surface area (Å²) in [6, 6.07) is 0. The predicted molar refractivity (Wildman–Crippen MR) is 47.3 cm³/mol. The van der Waals surface area contributed by atoms with Crippen LogP contribution in [0.4, 0.5) is 0 Å². The quantitative estimate of drug-likeness (QED) is 0.547. The molecule has 1 nitrogen and oxygen atoms in total. The lowest BCUT2D eigenvalue weighted by Gasteiger charge is -2.12. The van der Waals surface area contributed by atoms with E-state index in [-0.39, 0.29) is 1.43 Å². The normalized spacial score (nSPS) is 20.1. The van der Waals surface area contributed by atoms with Crippen molar-refractivity contribution < 1.29 is 1.43 Å². The molecule has 1 fully saturated rings. The zero-order chi connectivity index (χ0) is 7.23. The van der Waals surface area contributed by atoms with E-state index < -0.39 is 0 Å². The molecule has 1 heteroatoms. The van der Waals surface area contributed by atoms with E-state index in [2.05, 4.69) is 11.8 Å². The average Bonchev–Trinajstić information content (AvgIpc) is 2.41. The Labute approximate surface area is 65.9 Å². The Balaban J connectivity index is 0.000001000. The van der Waals surface area contributed by atoms with Crippen LogP contribution in [0.3, 0.4) is 0 Å². The van der Waals surface area contributed by atoms with Gasteiger partial charge in [0.25, 0.3) is 0 Å². The third kappa shape index (κ3) is 2.70. The standard InChI is InChI=1S/C9H19N.H2/c1-2-3-4-7-10-8-5-6-9-10;/h2-9H2,1H3;1H. The second-order valence-electron chi connectivity index (χ2n) is 3.26. The van der Waals surface area contributed by atoms with Gasteiger partial charge in [0.05, 0.1) is 0 Å². The number of unbranched alkanes of at least 4 members (excludes halogenated alkanes) is 2. The summed E-state index contributed by atoms with van der Waals surface area (Å²) in [6.07, 6.45) is 7.05. The van der Waals surface area contributed by atoms with Gasteiger partial charge in [-0.05, 0) is 38.9 Å². The molecule has 0 amide bonds. The van der Waals surface area contributed by atoms with Gasteiger partial charge in [-0.25, -0.2) is 0 Å². The second kappa shape index (κ2) is 4.73. The minimum absolute atomic E-state index is 0. The van der Waals surface area contributed by atoms with Gasteiger partial charge in [-0.3, -0.25) is 0 Å². The fourth-order valence-corrected chi connectivity index (χ4v) is 1.59.